The lowest BCUT2D eigenvalue weighted by atomic mass is 9.98. The van der Waals surface area contributed by atoms with Crippen molar-refractivity contribution in [1.29, 1.82) is 0 Å². The van der Waals surface area contributed by atoms with E-state index in [1.807, 2.05) is 11.8 Å². The molecule has 0 fully saturated rings. The molecule has 1 heterocycles. The molecule has 1 unspecified atom stereocenters. The van der Waals surface area contributed by atoms with Crippen LogP contribution in [0.25, 0.3) is 0 Å². The normalized spacial score (nSPS) is 13.7. The molecule has 18 heavy (non-hydrogen) atoms. The highest BCUT2D eigenvalue weighted by molar-refractivity contribution is 7.99. The van der Waals surface area contributed by atoms with Crippen molar-refractivity contribution in [3.63, 3.8) is 0 Å². The number of aromatic nitrogens is 2. The third kappa shape index (κ3) is 4.25. The zero-order valence-electron chi connectivity index (χ0n) is 12.4. The SMILES string of the molecule is Cc1nc(CSC(C)(C)C)nc(C)c1C(C)CN. The summed E-state index contributed by atoms with van der Waals surface area (Å²) in [6.07, 6.45) is 0. The molecule has 1 aromatic heterocycles. The Labute approximate surface area is 115 Å². The quantitative estimate of drug-likeness (QED) is 0.910. The van der Waals surface area contributed by atoms with Gasteiger partial charge in [0, 0.05) is 16.1 Å². The first kappa shape index (κ1) is 15.4. The van der Waals surface area contributed by atoms with Crippen LogP contribution in [0.15, 0.2) is 0 Å². The monoisotopic (exact) mass is 267 g/mol. The standard InChI is InChI=1S/C14H25N3S/c1-9(7-15)13-10(2)16-12(17-11(13)3)8-18-14(4,5)6/h9H,7-8,15H2,1-6H3. The van der Waals surface area contributed by atoms with Crippen molar-refractivity contribution in [2.45, 2.75) is 58.0 Å². The Balaban J connectivity index is 2.93. The summed E-state index contributed by atoms with van der Waals surface area (Å²) >= 11 is 1.87. The van der Waals surface area contributed by atoms with Gasteiger partial charge in [0.2, 0.25) is 0 Å². The number of hydrogen-bond acceptors (Lipinski definition) is 4. The molecule has 1 atom stereocenters. The predicted molar refractivity (Wildman–Crippen MR) is 80.0 cm³/mol. The van der Waals surface area contributed by atoms with Crippen LogP contribution >= 0.6 is 11.8 Å². The second-order valence-corrected chi connectivity index (χ2v) is 7.56. The summed E-state index contributed by atoms with van der Waals surface area (Å²) in [5.41, 5.74) is 9.09. The molecule has 0 saturated carbocycles. The number of nitrogens with two attached hydrogens (primary N) is 1. The van der Waals surface area contributed by atoms with Crippen molar-refractivity contribution in [3.8, 4) is 0 Å². The maximum absolute atomic E-state index is 5.74. The summed E-state index contributed by atoms with van der Waals surface area (Å²) in [6.45, 7) is 13.5. The molecule has 0 aromatic carbocycles. The first-order valence-corrected chi connectivity index (χ1v) is 7.41. The summed E-state index contributed by atoms with van der Waals surface area (Å²) in [5.74, 6) is 2.12. The van der Waals surface area contributed by atoms with Gasteiger partial charge < -0.3 is 5.73 Å². The third-order valence-corrected chi connectivity index (χ3v) is 4.12. The van der Waals surface area contributed by atoms with Crippen molar-refractivity contribution in [3.05, 3.63) is 22.8 Å². The number of rotatable bonds is 4. The summed E-state index contributed by atoms with van der Waals surface area (Å²) < 4.78 is 0.244. The maximum Gasteiger partial charge on any atom is 0.138 e. The lowest BCUT2D eigenvalue weighted by Gasteiger charge is -2.19. The first-order chi connectivity index (χ1) is 8.24. The zero-order valence-corrected chi connectivity index (χ0v) is 13.2. The average molecular weight is 267 g/mol. The number of aryl methyl sites for hydroxylation is 2. The van der Waals surface area contributed by atoms with Crippen LogP contribution < -0.4 is 5.73 Å². The molecule has 0 bridgehead atoms. The number of hydrogen-bond donors (Lipinski definition) is 1. The van der Waals surface area contributed by atoms with Crippen molar-refractivity contribution in [2.24, 2.45) is 5.73 Å². The lowest BCUT2D eigenvalue weighted by Crippen LogP contribution is -2.15. The molecule has 0 saturated heterocycles. The Morgan fingerprint density at radius 2 is 1.67 bits per heavy atom. The van der Waals surface area contributed by atoms with Gasteiger partial charge in [0.15, 0.2) is 0 Å². The Bertz CT molecular complexity index is 387. The largest absolute Gasteiger partial charge is 0.330 e. The van der Waals surface area contributed by atoms with Gasteiger partial charge in [0.05, 0.1) is 5.75 Å². The molecular weight excluding hydrogens is 242 g/mol. The van der Waals surface area contributed by atoms with Crippen molar-refractivity contribution < 1.29 is 0 Å². The van der Waals surface area contributed by atoms with Gasteiger partial charge in [-0.25, -0.2) is 9.97 Å². The molecule has 0 aliphatic carbocycles. The third-order valence-electron chi connectivity index (χ3n) is 2.85. The van der Waals surface area contributed by atoms with E-state index >= 15 is 0 Å². The second kappa shape index (κ2) is 6.02. The fourth-order valence-electron chi connectivity index (χ4n) is 1.97. The highest BCUT2D eigenvalue weighted by Gasteiger charge is 2.16. The van der Waals surface area contributed by atoms with Crippen LogP contribution in [0.3, 0.4) is 0 Å². The van der Waals surface area contributed by atoms with Crippen LogP contribution in [0.2, 0.25) is 0 Å². The number of nitrogens with zero attached hydrogens (tertiary/aromatic N) is 2. The molecule has 2 N–H and O–H groups in total. The summed E-state index contributed by atoms with van der Waals surface area (Å²) in [6, 6.07) is 0. The van der Waals surface area contributed by atoms with Crippen LogP contribution in [0.4, 0.5) is 0 Å². The van der Waals surface area contributed by atoms with E-state index in [1.165, 1.54) is 5.56 Å². The van der Waals surface area contributed by atoms with Crippen LogP contribution in [-0.4, -0.2) is 21.3 Å². The molecule has 3 nitrogen and oxygen atoms in total. The fraction of sp³-hybridized carbons (Fsp3) is 0.714. The Hall–Kier alpha value is -0.610. The second-order valence-electron chi connectivity index (χ2n) is 5.76. The lowest BCUT2D eigenvalue weighted by molar-refractivity contribution is 0.735. The zero-order chi connectivity index (χ0) is 13.9. The molecule has 0 aliphatic rings. The van der Waals surface area contributed by atoms with E-state index < -0.39 is 0 Å². The smallest absolute Gasteiger partial charge is 0.138 e. The van der Waals surface area contributed by atoms with E-state index in [-0.39, 0.29) is 4.75 Å². The van der Waals surface area contributed by atoms with Gasteiger partial charge in [0.25, 0.3) is 0 Å². The summed E-state index contributed by atoms with van der Waals surface area (Å²) in [7, 11) is 0. The van der Waals surface area contributed by atoms with Gasteiger partial charge in [-0.1, -0.05) is 27.7 Å². The minimum Gasteiger partial charge on any atom is -0.330 e. The molecule has 0 radical (unpaired) electrons. The minimum absolute atomic E-state index is 0.244. The summed E-state index contributed by atoms with van der Waals surface area (Å²) in [4.78, 5) is 9.24. The molecule has 0 amide bonds. The molecule has 1 rings (SSSR count). The molecule has 4 heteroatoms. The van der Waals surface area contributed by atoms with Gasteiger partial charge in [-0.2, -0.15) is 0 Å². The van der Waals surface area contributed by atoms with Crippen molar-refractivity contribution >= 4 is 11.8 Å². The van der Waals surface area contributed by atoms with Crippen LogP contribution in [0.1, 0.15) is 56.4 Å². The van der Waals surface area contributed by atoms with Crippen LogP contribution in [-0.2, 0) is 5.75 Å². The Kier molecular flexibility index (Phi) is 5.17. The van der Waals surface area contributed by atoms with Gasteiger partial charge in [-0.3, -0.25) is 0 Å². The topological polar surface area (TPSA) is 51.8 Å². The first-order valence-electron chi connectivity index (χ1n) is 6.42. The van der Waals surface area contributed by atoms with Crippen molar-refractivity contribution in [2.75, 3.05) is 6.54 Å². The molecule has 102 valence electrons. The van der Waals surface area contributed by atoms with Gasteiger partial charge in [0.1, 0.15) is 5.82 Å². The Morgan fingerprint density at radius 1 is 1.17 bits per heavy atom. The van der Waals surface area contributed by atoms with Gasteiger partial charge in [-0.05, 0) is 31.9 Å². The van der Waals surface area contributed by atoms with E-state index in [4.69, 9.17) is 5.73 Å². The highest BCUT2D eigenvalue weighted by atomic mass is 32.2. The summed E-state index contributed by atoms with van der Waals surface area (Å²) in [5, 5.41) is 0. The maximum atomic E-state index is 5.74. The highest BCUT2D eigenvalue weighted by Crippen LogP contribution is 2.27. The molecule has 1 aromatic rings. The molecule has 0 spiro atoms. The predicted octanol–water partition coefficient (Wildman–Crippen LogP) is 3.19. The average Bonchev–Trinajstić information content (AvgIpc) is 2.24. The molecule has 0 aliphatic heterocycles. The van der Waals surface area contributed by atoms with E-state index in [0.29, 0.717) is 12.5 Å². The molecular formula is C14H25N3S. The van der Waals surface area contributed by atoms with Crippen LogP contribution in [0, 0.1) is 13.8 Å². The van der Waals surface area contributed by atoms with Crippen molar-refractivity contribution in [1.82, 2.24) is 9.97 Å². The van der Waals surface area contributed by atoms with Gasteiger partial charge >= 0.3 is 0 Å². The van der Waals surface area contributed by atoms with E-state index in [2.05, 4.69) is 51.5 Å². The fourth-order valence-corrected chi connectivity index (χ4v) is 2.66. The van der Waals surface area contributed by atoms with E-state index in [1.54, 1.807) is 0 Å². The van der Waals surface area contributed by atoms with E-state index in [9.17, 15) is 0 Å². The van der Waals surface area contributed by atoms with Gasteiger partial charge in [-0.15, -0.1) is 11.8 Å². The Morgan fingerprint density at radius 3 is 2.06 bits per heavy atom. The minimum atomic E-state index is 0.244. The number of thioether (sulfide) groups is 1. The van der Waals surface area contributed by atoms with E-state index in [0.717, 1.165) is 23.0 Å². The van der Waals surface area contributed by atoms with Crippen LogP contribution in [0.5, 0.6) is 0 Å².